The van der Waals surface area contributed by atoms with E-state index in [1.54, 1.807) is 0 Å². The van der Waals surface area contributed by atoms with Crippen molar-refractivity contribution < 1.29 is 4.43 Å². The van der Waals surface area contributed by atoms with Gasteiger partial charge in [-0.25, -0.2) is 0 Å². The largest absolute Gasteiger partial charge is 0.403 e. The lowest BCUT2D eigenvalue weighted by Gasteiger charge is -2.33. The van der Waals surface area contributed by atoms with Crippen LogP contribution in [0.4, 0.5) is 0 Å². The summed E-state index contributed by atoms with van der Waals surface area (Å²) in [6.07, 6.45) is 3.36. The molecule has 1 heterocycles. The lowest BCUT2D eigenvalue weighted by atomic mass is 10.2. The van der Waals surface area contributed by atoms with Gasteiger partial charge in [-0.05, 0) is 45.3 Å². The molecule has 100 valence electrons. The highest BCUT2D eigenvalue weighted by atomic mass is 28.4. The minimum atomic E-state index is -1.58. The Morgan fingerprint density at radius 2 is 2.12 bits per heavy atom. The van der Waals surface area contributed by atoms with Crippen LogP contribution in [-0.2, 0) is 4.43 Å². The van der Waals surface area contributed by atoms with Crippen molar-refractivity contribution >= 4 is 14.7 Å². The quantitative estimate of drug-likeness (QED) is 0.539. The molecule has 2 unspecified atom stereocenters. The first-order valence-corrected chi connectivity index (χ1v) is 9.46. The van der Waals surface area contributed by atoms with Crippen molar-refractivity contribution in [2.45, 2.75) is 52.7 Å². The van der Waals surface area contributed by atoms with Gasteiger partial charge in [0.1, 0.15) is 0 Å². The average Bonchev–Trinajstić information content (AvgIpc) is 2.58. The number of hydrogen-bond acceptors (Lipinski definition) is 3. The fourth-order valence-corrected chi connectivity index (χ4v) is 5.80. The van der Waals surface area contributed by atoms with Gasteiger partial charge in [0.25, 0.3) is 8.48 Å². The third kappa shape index (κ3) is 4.52. The van der Waals surface area contributed by atoms with Crippen molar-refractivity contribution in [2.75, 3.05) is 19.7 Å². The van der Waals surface area contributed by atoms with Gasteiger partial charge in [-0.1, -0.05) is 13.8 Å². The van der Waals surface area contributed by atoms with Crippen molar-refractivity contribution in [2.24, 2.45) is 10.9 Å². The molecule has 0 aromatic carbocycles. The zero-order valence-electron chi connectivity index (χ0n) is 12.1. The van der Waals surface area contributed by atoms with Crippen molar-refractivity contribution in [3.63, 3.8) is 0 Å². The summed E-state index contributed by atoms with van der Waals surface area (Å²) in [6.45, 7) is 14.1. The Balaban J connectivity index is 2.49. The van der Waals surface area contributed by atoms with Gasteiger partial charge in [0, 0.05) is 19.4 Å². The van der Waals surface area contributed by atoms with Gasteiger partial charge in [0.2, 0.25) is 0 Å². The van der Waals surface area contributed by atoms with Gasteiger partial charge in [-0.3, -0.25) is 4.99 Å². The normalized spacial score (nSPS) is 28.4. The van der Waals surface area contributed by atoms with Crippen LogP contribution >= 0.6 is 0 Å². The van der Waals surface area contributed by atoms with Crippen LogP contribution in [0.15, 0.2) is 4.99 Å². The molecule has 0 N–H and O–H groups in total. The maximum Gasteiger partial charge on any atom is 0.268 e. The van der Waals surface area contributed by atoms with E-state index in [1.807, 2.05) is 0 Å². The van der Waals surface area contributed by atoms with E-state index in [0.29, 0.717) is 12.0 Å². The number of nitrogens with zero attached hydrogens (tertiary/aromatic N) is 2. The molecule has 0 amide bonds. The Morgan fingerprint density at radius 3 is 2.71 bits per heavy atom. The maximum absolute atomic E-state index is 6.04. The minimum absolute atomic E-state index is 0.391. The highest BCUT2D eigenvalue weighted by Gasteiger charge is 2.41. The van der Waals surface area contributed by atoms with E-state index in [1.165, 1.54) is 19.0 Å². The Hall–Kier alpha value is -0.193. The average molecular weight is 256 g/mol. The van der Waals surface area contributed by atoms with Gasteiger partial charge in [-0.2, -0.15) is 0 Å². The second-order valence-corrected chi connectivity index (χ2v) is 9.32. The molecule has 4 heteroatoms. The molecule has 1 saturated heterocycles. The van der Waals surface area contributed by atoms with Gasteiger partial charge >= 0.3 is 0 Å². The molecule has 1 rings (SSSR count). The van der Waals surface area contributed by atoms with Crippen molar-refractivity contribution in [1.29, 1.82) is 0 Å². The summed E-state index contributed by atoms with van der Waals surface area (Å²) in [7, 11) is -1.58. The molecule has 17 heavy (non-hydrogen) atoms. The van der Waals surface area contributed by atoms with Crippen LogP contribution in [0.3, 0.4) is 0 Å². The molecule has 1 aliphatic rings. The standard InChI is InChI=1S/C13H28N2OSi/c1-6-16-17(5)9-7-8-15(17)11-13(4)14-10-12(2)3/h10,12-13H,6-9,11H2,1-5H3. The van der Waals surface area contributed by atoms with E-state index in [0.717, 1.165) is 13.2 Å². The number of rotatable bonds is 6. The van der Waals surface area contributed by atoms with Crippen LogP contribution in [-0.4, -0.2) is 45.0 Å². The first-order valence-electron chi connectivity index (χ1n) is 6.90. The van der Waals surface area contributed by atoms with Crippen LogP contribution in [0.25, 0.3) is 0 Å². The summed E-state index contributed by atoms with van der Waals surface area (Å²) in [6, 6.07) is 1.67. The maximum atomic E-state index is 6.04. The first-order chi connectivity index (χ1) is 7.98. The first kappa shape index (κ1) is 14.9. The van der Waals surface area contributed by atoms with Gasteiger partial charge in [-0.15, -0.1) is 0 Å². The van der Waals surface area contributed by atoms with E-state index < -0.39 is 8.48 Å². The zero-order valence-corrected chi connectivity index (χ0v) is 13.1. The topological polar surface area (TPSA) is 24.8 Å². The van der Waals surface area contributed by atoms with Crippen LogP contribution in [0.1, 0.15) is 34.1 Å². The molecule has 0 saturated carbocycles. The Bertz CT molecular complexity index is 258. The summed E-state index contributed by atoms with van der Waals surface area (Å²) in [5.74, 6) is 0.548. The van der Waals surface area contributed by atoms with E-state index in [4.69, 9.17) is 4.43 Å². The van der Waals surface area contributed by atoms with Gasteiger partial charge < -0.3 is 8.99 Å². The smallest absolute Gasteiger partial charge is 0.268 e. The zero-order chi connectivity index (χ0) is 12.9. The third-order valence-corrected chi connectivity index (χ3v) is 7.25. The lowest BCUT2D eigenvalue weighted by Crippen LogP contribution is -2.51. The van der Waals surface area contributed by atoms with E-state index in [-0.39, 0.29) is 0 Å². The third-order valence-electron chi connectivity index (χ3n) is 3.32. The summed E-state index contributed by atoms with van der Waals surface area (Å²) >= 11 is 0. The van der Waals surface area contributed by atoms with Crippen molar-refractivity contribution in [3.8, 4) is 0 Å². The molecule has 1 fully saturated rings. The molecule has 0 aromatic heterocycles. The monoisotopic (exact) mass is 256 g/mol. The van der Waals surface area contributed by atoms with Crippen LogP contribution in [0.2, 0.25) is 12.6 Å². The predicted octanol–water partition coefficient (Wildman–Crippen LogP) is 2.92. The molecule has 0 aromatic rings. The summed E-state index contributed by atoms with van der Waals surface area (Å²) in [5.41, 5.74) is 0. The molecule has 3 nitrogen and oxygen atoms in total. The molecule has 2 atom stereocenters. The molecule has 0 bridgehead atoms. The van der Waals surface area contributed by atoms with Crippen molar-refractivity contribution in [3.05, 3.63) is 0 Å². The highest BCUT2D eigenvalue weighted by Crippen LogP contribution is 2.27. The van der Waals surface area contributed by atoms with Gasteiger partial charge in [0.05, 0.1) is 6.04 Å². The summed E-state index contributed by atoms with van der Waals surface area (Å²) < 4.78 is 8.62. The molecule has 0 spiro atoms. The van der Waals surface area contributed by atoms with Crippen LogP contribution in [0.5, 0.6) is 0 Å². The number of aliphatic imine (C=N–C) groups is 1. The SMILES string of the molecule is CCO[Si]1(C)CCCN1CC(C)N=CC(C)C. The summed E-state index contributed by atoms with van der Waals surface area (Å²) in [4.78, 5) is 4.61. The highest BCUT2D eigenvalue weighted by molar-refractivity contribution is 6.70. The summed E-state index contributed by atoms with van der Waals surface area (Å²) in [5, 5.41) is 0. The van der Waals surface area contributed by atoms with Gasteiger partial charge in [0.15, 0.2) is 0 Å². The van der Waals surface area contributed by atoms with Crippen LogP contribution < -0.4 is 0 Å². The molecule has 1 aliphatic heterocycles. The van der Waals surface area contributed by atoms with E-state index >= 15 is 0 Å². The fraction of sp³-hybridized carbons (Fsp3) is 0.923. The van der Waals surface area contributed by atoms with Crippen molar-refractivity contribution in [1.82, 2.24) is 4.57 Å². The minimum Gasteiger partial charge on any atom is -0.403 e. The van der Waals surface area contributed by atoms with E-state index in [9.17, 15) is 0 Å². The molecular formula is C13H28N2OSi. The molecule has 0 aliphatic carbocycles. The predicted molar refractivity (Wildman–Crippen MR) is 77.0 cm³/mol. The second kappa shape index (κ2) is 6.66. The Labute approximate surface area is 107 Å². The Kier molecular flexibility index (Phi) is 5.83. The second-order valence-electron chi connectivity index (χ2n) is 5.55. The Morgan fingerprint density at radius 1 is 1.41 bits per heavy atom. The lowest BCUT2D eigenvalue weighted by molar-refractivity contribution is 0.266. The molecular weight excluding hydrogens is 228 g/mol. The molecule has 0 radical (unpaired) electrons. The number of hydrogen-bond donors (Lipinski definition) is 0. The van der Waals surface area contributed by atoms with E-state index in [2.05, 4.69) is 50.0 Å². The van der Waals surface area contributed by atoms with Crippen LogP contribution in [0, 0.1) is 5.92 Å². The fourth-order valence-electron chi connectivity index (χ4n) is 2.44.